The maximum atomic E-state index is 2.49. The minimum Gasteiger partial charge on any atom is -0.310 e. The maximum absolute atomic E-state index is 2.49. The largest absolute Gasteiger partial charge is 0.310 e. The summed E-state index contributed by atoms with van der Waals surface area (Å²) >= 11 is 1.87. The Morgan fingerprint density at radius 1 is 0.353 bits per heavy atom. The van der Waals surface area contributed by atoms with Gasteiger partial charge in [0.2, 0.25) is 0 Å². The number of rotatable bonds is 4. The third-order valence-corrected chi connectivity index (χ3v) is 12.2. The Balaban J connectivity index is 1.21. The van der Waals surface area contributed by atoms with E-state index in [2.05, 4.69) is 193 Å². The first kappa shape index (κ1) is 28.6. The summed E-state index contributed by atoms with van der Waals surface area (Å²) in [5, 5.41) is 2.62. The highest BCUT2D eigenvalue weighted by Gasteiger charge is 2.51. The molecule has 1 heterocycles. The molecule has 9 aromatic rings. The van der Waals surface area contributed by atoms with Crippen LogP contribution in [0.15, 0.2) is 188 Å². The van der Waals surface area contributed by atoms with E-state index in [1.54, 1.807) is 0 Å². The van der Waals surface area contributed by atoms with Crippen LogP contribution in [-0.4, -0.2) is 0 Å². The number of nitrogens with zero attached hydrogens (tertiary/aromatic N) is 1. The van der Waals surface area contributed by atoms with Crippen molar-refractivity contribution in [2.24, 2.45) is 0 Å². The Bertz CT molecular complexity index is 2760. The van der Waals surface area contributed by atoms with Crippen molar-refractivity contribution in [3.63, 3.8) is 0 Å². The lowest BCUT2D eigenvalue weighted by atomic mass is 9.70. The fourth-order valence-electron chi connectivity index (χ4n) is 9.03. The monoisotopic (exact) mass is 665 g/mol. The van der Waals surface area contributed by atoms with E-state index < -0.39 is 5.41 Å². The number of hydrogen-bond donors (Lipinski definition) is 0. The fraction of sp³-hybridized carbons (Fsp3) is 0.0204. The smallest absolute Gasteiger partial charge is 0.0726 e. The molecule has 51 heavy (non-hydrogen) atoms. The number of benzene rings is 8. The van der Waals surface area contributed by atoms with E-state index in [0.717, 1.165) is 17.1 Å². The van der Waals surface area contributed by atoms with E-state index in [-0.39, 0.29) is 0 Å². The van der Waals surface area contributed by atoms with Crippen molar-refractivity contribution in [3.05, 3.63) is 210 Å². The molecular formula is C49H31NS. The predicted octanol–water partition coefficient (Wildman–Crippen LogP) is 13.5. The SMILES string of the molecule is c1ccc(-c2ccccc2N(c2ccc3c(c2)C2(c4ccccc4-c4ccccc42)c2ccccc2-3)c2ccc3c(c2)sc2ccccc23)cc1. The van der Waals surface area contributed by atoms with E-state index in [1.165, 1.54) is 75.8 Å². The molecule has 0 bridgehead atoms. The molecule has 8 aromatic carbocycles. The number of para-hydroxylation sites is 1. The molecule has 0 radical (unpaired) electrons. The third kappa shape index (κ3) is 3.97. The van der Waals surface area contributed by atoms with Crippen LogP contribution in [0, 0.1) is 0 Å². The van der Waals surface area contributed by atoms with Crippen molar-refractivity contribution in [1.82, 2.24) is 0 Å². The molecule has 0 aliphatic heterocycles. The van der Waals surface area contributed by atoms with Gasteiger partial charge in [-0.05, 0) is 86.5 Å². The van der Waals surface area contributed by atoms with Crippen molar-refractivity contribution in [1.29, 1.82) is 0 Å². The Morgan fingerprint density at radius 3 is 1.57 bits per heavy atom. The number of anilines is 3. The molecule has 0 N–H and O–H groups in total. The number of hydrogen-bond acceptors (Lipinski definition) is 2. The topological polar surface area (TPSA) is 3.24 Å². The lowest BCUT2D eigenvalue weighted by Crippen LogP contribution is -2.26. The van der Waals surface area contributed by atoms with Crippen molar-refractivity contribution < 1.29 is 0 Å². The number of thiophene rings is 1. The van der Waals surface area contributed by atoms with Crippen LogP contribution in [0.3, 0.4) is 0 Å². The van der Waals surface area contributed by atoms with Gasteiger partial charge >= 0.3 is 0 Å². The van der Waals surface area contributed by atoms with Crippen molar-refractivity contribution >= 4 is 48.6 Å². The van der Waals surface area contributed by atoms with Gasteiger partial charge in [-0.15, -0.1) is 11.3 Å². The van der Waals surface area contributed by atoms with E-state index in [4.69, 9.17) is 0 Å². The average molecular weight is 666 g/mol. The van der Waals surface area contributed by atoms with Crippen LogP contribution >= 0.6 is 11.3 Å². The number of fused-ring (bicyclic) bond motifs is 13. The van der Waals surface area contributed by atoms with E-state index in [1.807, 2.05) is 11.3 Å². The molecule has 0 atom stereocenters. The highest BCUT2D eigenvalue weighted by molar-refractivity contribution is 7.25. The molecule has 1 spiro atoms. The van der Waals surface area contributed by atoms with Gasteiger partial charge in [-0.1, -0.05) is 152 Å². The molecule has 2 aliphatic rings. The van der Waals surface area contributed by atoms with Gasteiger partial charge in [-0.2, -0.15) is 0 Å². The first-order valence-electron chi connectivity index (χ1n) is 17.6. The highest BCUT2D eigenvalue weighted by Crippen LogP contribution is 2.63. The third-order valence-electron chi connectivity index (χ3n) is 11.1. The zero-order valence-electron chi connectivity index (χ0n) is 27.8. The summed E-state index contributed by atoms with van der Waals surface area (Å²) in [5.74, 6) is 0. The molecule has 0 saturated carbocycles. The summed E-state index contributed by atoms with van der Waals surface area (Å²) in [4.78, 5) is 2.48. The molecule has 0 unspecified atom stereocenters. The average Bonchev–Trinajstić information content (AvgIpc) is 3.82. The van der Waals surface area contributed by atoms with Crippen LogP contribution in [0.5, 0.6) is 0 Å². The van der Waals surface area contributed by atoms with Gasteiger partial charge in [0, 0.05) is 37.1 Å². The van der Waals surface area contributed by atoms with Gasteiger partial charge in [-0.25, -0.2) is 0 Å². The first-order chi connectivity index (χ1) is 25.3. The molecule has 1 nitrogen and oxygen atoms in total. The second kappa shape index (κ2) is 10.9. The lowest BCUT2D eigenvalue weighted by Gasteiger charge is -2.32. The van der Waals surface area contributed by atoms with E-state index in [9.17, 15) is 0 Å². The quantitative estimate of drug-likeness (QED) is 0.181. The standard InChI is InChI=1S/C49H31NS/c1-2-14-32(15-3-1)35-16-7-12-24-46(35)50(34-27-29-41-40-20-8-13-25-47(40)51-48(41)31-34)33-26-28-39-38-19-6-11-23-44(38)49(45(39)30-33)42-21-9-4-17-36(42)37-18-5-10-22-43(37)49/h1-31H. The fourth-order valence-corrected chi connectivity index (χ4v) is 10.2. The summed E-state index contributed by atoms with van der Waals surface area (Å²) in [6.45, 7) is 0. The van der Waals surface area contributed by atoms with Gasteiger partial charge in [0.25, 0.3) is 0 Å². The normalized spacial score (nSPS) is 13.3. The molecular weight excluding hydrogens is 635 g/mol. The van der Waals surface area contributed by atoms with Gasteiger partial charge in [0.1, 0.15) is 0 Å². The molecule has 0 amide bonds. The van der Waals surface area contributed by atoms with Gasteiger partial charge < -0.3 is 4.90 Å². The molecule has 238 valence electrons. The van der Waals surface area contributed by atoms with Crippen LogP contribution in [-0.2, 0) is 5.41 Å². The van der Waals surface area contributed by atoms with Crippen molar-refractivity contribution in [2.75, 3.05) is 4.90 Å². The Morgan fingerprint density at radius 2 is 0.863 bits per heavy atom. The summed E-state index contributed by atoms with van der Waals surface area (Å²) in [5.41, 5.74) is 16.1. The second-order valence-electron chi connectivity index (χ2n) is 13.6. The van der Waals surface area contributed by atoms with E-state index >= 15 is 0 Å². The van der Waals surface area contributed by atoms with Crippen molar-refractivity contribution in [2.45, 2.75) is 5.41 Å². The van der Waals surface area contributed by atoms with E-state index in [0.29, 0.717) is 0 Å². The Kier molecular flexibility index (Phi) is 6.11. The van der Waals surface area contributed by atoms with Gasteiger partial charge in [0.15, 0.2) is 0 Å². The van der Waals surface area contributed by atoms with Crippen molar-refractivity contribution in [3.8, 4) is 33.4 Å². The molecule has 1 aromatic heterocycles. The van der Waals surface area contributed by atoms with Crippen LogP contribution in [0.4, 0.5) is 17.1 Å². The van der Waals surface area contributed by atoms with Crippen LogP contribution in [0.1, 0.15) is 22.3 Å². The maximum Gasteiger partial charge on any atom is 0.0726 e. The zero-order valence-corrected chi connectivity index (χ0v) is 28.6. The Labute approximate surface area is 301 Å². The van der Waals surface area contributed by atoms with Gasteiger partial charge in [0.05, 0.1) is 11.1 Å². The van der Waals surface area contributed by atoms with Crippen LogP contribution in [0.25, 0.3) is 53.6 Å². The Hall–Kier alpha value is -6.22. The van der Waals surface area contributed by atoms with Crippen LogP contribution < -0.4 is 4.90 Å². The first-order valence-corrected chi connectivity index (χ1v) is 18.4. The highest BCUT2D eigenvalue weighted by atomic mass is 32.1. The van der Waals surface area contributed by atoms with Gasteiger partial charge in [-0.3, -0.25) is 0 Å². The second-order valence-corrected chi connectivity index (χ2v) is 14.7. The molecule has 2 aliphatic carbocycles. The summed E-state index contributed by atoms with van der Waals surface area (Å²) in [6.07, 6.45) is 0. The molecule has 11 rings (SSSR count). The van der Waals surface area contributed by atoms with Crippen LogP contribution in [0.2, 0.25) is 0 Å². The summed E-state index contributed by atoms with van der Waals surface area (Å²) < 4.78 is 2.61. The molecule has 0 fully saturated rings. The minimum atomic E-state index is -0.408. The lowest BCUT2D eigenvalue weighted by molar-refractivity contribution is 0.793. The molecule has 2 heteroatoms. The molecule has 0 saturated heterocycles. The zero-order chi connectivity index (χ0) is 33.5. The minimum absolute atomic E-state index is 0.408. The summed E-state index contributed by atoms with van der Waals surface area (Å²) in [7, 11) is 0. The predicted molar refractivity (Wildman–Crippen MR) is 216 cm³/mol. The summed E-state index contributed by atoms with van der Waals surface area (Å²) in [6, 6.07) is 69.7.